The second-order valence-corrected chi connectivity index (χ2v) is 4.22. The minimum atomic E-state index is -0.311. The Morgan fingerprint density at radius 3 is 2.58 bits per heavy atom. The average molecular weight is 253 g/mol. The smallest absolute Gasteiger partial charge is 0.224 e. The SMILES string of the molecule is COC1=NC(=Cc2ccccc2)c2cccc(F)c21. The molecule has 0 amide bonds. The third kappa shape index (κ3) is 2.03. The molecule has 1 aliphatic heterocycles. The van der Waals surface area contributed by atoms with Gasteiger partial charge in [0.05, 0.1) is 18.4 Å². The van der Waals surface area contributed by atoms with Crippen molar-refractivity contribution in [1.82, 2.24) is 0 Å². The zero-order chi connectivity index (χ0) is 13.2. The lowest BCUT2D eigenvalue weighted by molar-refractivity contribution is 0.404. The molecule has 0 fully saturated rings. The van der Waals surface area contributed by atoms with Gasteiger partial charge >= 0.3 is 0 Å². The van der Waals surface area contributed by atoms with Crippen molar-refractivity contribution in [2.24, 2.45) is 4.99 Å². The molecule has 3 heteroatoms. The van der Waals surface area contributed by atoms with Crippen LogP contribution in [0.25, 0.3) is 11.8 Å². The third-order valence-electron chi connectivity index (χ3n) is 3.02. The van der Waals surface area contributed by atoms with Gasteiger partial charge in [0.25, 0.3) is 0 Å². The fraction of sp³-hybridized carbons (Fsp3) is 0.0625. The Bertz CT molecular complexity index is 674. The summed E-state index contributed by atoms with van der Waals surface area (Å²) in [5.41, 5.74) is 2.94. The van der Waals surface area contributed by atoms with E-state index in [2.05, 4.69) is 4.99 Å². The summed E-state index contributed by atoms with van der Waals surface area (Å²) in [6, 6.07) is 14.8. The van der Waals surface area contributed by atoms with Crippen molar-refractivity contribution in [3.05, 3.63) is 71.0 Å². The van der Waals surface area contributed by atoms with Gasteiger partial charge in [-0.25, -0.2) is 9.38 Å². The summed E-state index contributed by atoms with van der Waals surface area (Å²) in [4.78, 5) is 4.35. The second-order valence-electron chi connectivity index (χ2n) is 4.22. The molecule has 0 aromatic heterocycles. The van der Waals surface area contributed by atoms with Gasteiger partial charge in [0.1, 0.15) is 5.82 Å². The number of nitrogens with zero attached hydrogens (tertiary/aromatic N) is 1. The fourth-order valence-electron chi connectivity index (χ4n) is 2.15. The molecule has 2 aromatic rings. The number of methoxy groups -OCH3 is 1. The summed E-state index contributed by atoms with van der Waals surface area (Å²) >= 11 is 0. The Kier molecular flexibility index (Phi) is 2.88. The highest BCUT2D eigenvalue weighted by Crippen LogP contribution is 2.32. The maximum atomic E-state index is 13.9. The molecule has 0 saturated carbocycles. The van der Waals surface area contributed by atoms with Gasteiger partial charge in [-0.15, -0.1) is 0 Å². The molecule has 1 heterocycles. The maximum Gasteiger partial charge on any atom is 0.224 e. The van der Waals surface area contributed by atoms with Crippen LogP contribution in [0.15, 0.2) is 53.5 Å². The first-order valence-electron chi connectivity index (χ1n) is 5.98. The van der Waals surface area contributed by atoms with Crippen LogP contribution in [-0.2, 0) is 4.74 Å². The topological polar surface area (TPSA) is 21.6 Å². The summed E-state index contributed by atoms with van der Waals surface area (Å²) < 4.78 is 19.0. The van der Waals surface area contributed by atoms with Crippen LogP contribution in [0, 0.1) is 5.82 Å². The van der Waals surface area contributed by atoms with Crippen LogP contribution in [0.5, 0.6) is 0 Å². The van der Waals surface area contributed by atoms with Crippen molar-refractivity contribution in [1.29, 1.82) is 0 Å². The van der Waals surface area contributed by atoms with E-state index in [9.17, 15) is 4.39 Å². The number of halogens is 1. The molecule has 0 saturated heterocycles. The molecule has 0 N–H and O–H groups in total. The van der Waals surface area contributed by atoms with E-state index in [-0.39, 0.29) is 5.82 Å². The van der Waals surface area contributed by atoms with Crippen molar-refractivity contribution < 1.29 is 9.13 Å². The van der Waals surface area contributed by atoms with Gasteiger partial charge in [-0.3, -0.25) is 0 Å². The Hall–Kier alpha value is -2.42. The van der Waals surface area contributed by atoms with E-state index in [1.165, 1.54) is 13.2 Å². The van der Waals surface area contributed by atoms with Crippen molar-refractivity contribution in [3.8, 4) is 0 Å². The van der Waals surface area contributed by atoms with Gasteiger partial charge in [-0.05, 0) is 17.7 Å². The quantitative estimate of drug-likeness (QED) is 0.758. The molecule has 19 heavy (non-hydrogen) atoms. The molecule has 1 aliphatic rings. The first-order chi connectivity index (χ1) is 9.29. The largest absolute Gasteiger partial charge is 0.480 e. The van der Waals surface area contributed by atoms with Crippen LogP contribution in [0.3, 0.4) is 0 Å². The van der Waals surface area contributed by atoms with E-state index >= 15 is 0 Å². The second kappa shape index (κ2) is 4.69. The first kappa shape index (κ1) is 11.7. The number of hydrogen-bond donors (Lipinski definition) is 0. The molecule has 94 valence electrons. The van der Waals surface area contributed by atoms with E-state index in [1.807, 2.05) is 42.5 Å². The molecular formula is C16H12FNO. The molecule has 0 aliphatic carbocycles. The molecular weight excluding hydrogens is 241 g/mol. The van der Waals surface area contributed by atoms with Gasteiger partial charge in [0.2, 0.25) is 5.90 Å². The lowest BCUT2D eigenvalue weighted by atomic mass is 10.0. The summed E-state index contributed by atoms with van der Waals surface area (Å²) in [5, 5.41) is 0. The Morgan fingerprint density at radius 2 is 1.84 bits per heavy atom. The third-order valence-corrected chi connectivity index (χ3v) is 3.02. The zero-order valence-electron chi connectivity index (χ0n) is 10.4. The molecule has 0 radical (unpaired) electrons. The van der Waals surface area contributed by atoms with E-state index < -0.39 is 0 Å². The Morgan fingerprint density at radius 1 is 1.05 bits per heavy atom. The van der Waals surface area contributed by atoms with Crippen molar-refractivity contribution in [2.45, 2.75) is 0 Å². The van der Waals surface area contributed by atoms with E-state index in [1.54, 1.807) is 6.07 Å². The lowest BCUT2D eigenvalue weighted by Crippen LogP contribution is -2.03. The number of fused-ring (bicyclic) bond motifs is 1. The van der Waals surface area contributed by atoms with Gasteiger partial charge in [0, 0.05) is 5.56 Å². The Labute approximate surface area is 110 Å². The number of benzene rings is 2. The van der Waals surface area contributed by atoms with Gasteiger partial charge in [-0.2, -0.15) is 0 Å². The number of aliphatic imine (C=N–C) groups is 1. The van der Waals surface area contributed by atoms with Gasteiger partial charge in [0.15, 0.2) is 0 Å². The number of ether oxygens (including phenoxy) is 1. The normalized spacial score (nSPS) is 15.3. The van der Waals surface area contributed by atoms with Crippen LogP contribution >= 0.6 is 0 Å². The number of hydrogen-bond acceptors (Lipinski definition) is 2. The van der Waals surface area contributed by atoms with Crippen molar-refractivity contribution in [3.63, 3.8) is 0 Å². The van der Waals surface area contributed by atoms with Gasteiger partial charge < -0.3 is 4.74 Å². The van der Waals surface area contributed by atoms with Crippen LogP contribution in [-0.4, -0.2) is 13.0 Å². The monoisotopic (exact) mass is 253 g/mol. The highest BCUT2D eigenvalue weighted by molar-refractivity contribution is 6.09. The summed E-state index contributed by atoms with van der Waals surface area (Å²) in [5.74, 6) is 0.0184. The predicted molar refractivity (Wildman–Crippen MR) is 74.3 cm³/mol. The van der Waals surface area contributed by atoms with Crippen molar-refractivity contribution >= 4 is 17.7 Å². The molecule has 2 aromatic carbocycles. The van der Waals surface area contributed by atoms with Crippen LogP contribution in [0.1, 0.15) is 16.7 Å². The van der Waals surface area contributed by atoms with Crippen molar-refractivity contribution in [2.75, 3.05) is 7.11 Å². The predicted octanol–water partition coefficient (Wildman–Crippen LogP) is 3.73. The van der Waals surface area contributed by atoms with Crippen LogP contribution in [0.2, 0.25) is 0 Å². The molecule has 0 atom stereocenters. The van der Waals surface area contributed by atoms with E-state index in [0.717, 1.165) is 16.8 Å². The first-order valence-corrected chi connectivity index (χ1v) is 5.98. The lowest BCUT2D eigenvalue weighted by Gasteiger charge is -2.02. The summed E-state index contributed by atoms with van der Waals surface area (Å²) in [7, 11) is 1.50. The van der Waals surface area contributed by atoms with Crippen LogP contribution < -0.4 is 0 Å². The zero-order valence-corrected chi connectivity index (χ0v) is 10.4. The van der Waals surface area contributed by atoms with Gasteiger partial charge in [-0.1, -0.05) is 42.5 Å². The summed E-state index contributed by atoms with van der Waals surface area (Å²) in [6.45, 7) is 0. The molecule has 0 unspecified atom stereocenters. The minimum absolute atomic E-state index is 0.311. The fourth-order valence-corrected chi connectivity index (χ4v) is 2.15. The average Bonchev–Trinajstić information content (AvgIpc) is 2.80. The highest BCUT2D eigenvalue weighted by atomic mass is 19.1. The number of rotatable bonds is 1. The maximum absolute atomic E-state index is 13.9. The molecule has 2 nitrogen and oxygen atoms in total. The molecule has 0 bridgehead atoms. The Balaban J connectivity index is 2.14. The molecule has 3 rings (SSSR count). The standard InChI is InChI=1S/C16H12FNO/c1-19-16-15-12(8-5-9-13(15)17)14(18-16)10-11-6-3-2-4-7-11/h2-10H,1H3. The summed E-state index contributed by atoms with van der Waals surface area (Å²) in [6.07, 6.45) is 1.92. The molecule has 0 spiro atoms. The van der Waals surface area contributed by atoms with E-state index in [0.29, 0.717) is 11.5 Å². The van der Waals surface area contributed by atoms with Crippen LogP contribution in [0.4, 0.5) is 4.39 Å². The van der Waals surface area contributed by atoms with E-state index in [4.69, 9.17) is 4.74 Å². The highest BCUT2D eigenvalue weighted by Gasteiger charge is 2.24. The minimum Gasteiger partial charge on any atom is -0.480 e.